The van der Waals surface area contributed by atoms with Crippen molar-refractivity contribution in [2.75, 3.05) is 0 Å². The van der Waals surface area contributed by atoms with Crippen LogP contribution in [0.15, 0.2) is 5.10 Å². The van der Waals surface area contributed by atoms with Gasteiger partial charge in [-0.2, -0.15) is 28.5 Å². The van der Waals surface area contributed by atoms with Gasteiger partial charge in [0.25, 0.3) is 11.6 Å². The summed E-state index contributed by atoms with van der Waals surface area (Å²) in [4.78, 5) is 11.7. The van der Waals surface area contributed by atoms with E-state index in [4.69, 9.17) is 5.26 Å². The molecule has 1 N–H and O–H groups in total. The minimum atomic E-state index is -5.02. The summed E-state index contributed by atoms with van der Waals surface area (Å²) in [6.07, 6.45) is -2.22. The Morgan fingerprint density at radius 2 is 2.05 bits per heavy atom. The number of carbonyl (C=O) groups is 1. The maximum atomic E-state index is 13.1. The highest BCUT2D eigenvalue weighted by atomic mass is 19.4. The molecule has 0 radical (unpaired) electrons. The highest BCUT2D eigenvalue weighted by Gasteiger charge is 2.63. The molecule has 0 unspecified atom stereocenters. The molecule has 0 spiro atoms. The zero-order valence-corrected chi connectivity index (χ0v) is 11.4. The van der Waals surface area contributed by atoms with Gasteiger partial charge < -0.3 is 5.11 Å². The van der Waals surface area contributed by atoms with Crippen molar-refractivity contribution in [3.05, 3.63) is 0 Å². The van der Waals surface area contributed by atoms with Gasteiger partial charge >= 0.3 is 6.18 Å². The fourth-order valence-corrected chi connectivity index (χ4v) is 2.86. The maximum Gasteiger partial charge on any atom is 0.438 e. The van der Waals surface area contributed by atoms with Gasteiger partial charge in [0.1, 0.15) is 6.42 Å². The molecule has 1 fully saturated rings. The van der Waals surface area contributed by atoms with E-state index in [0.29, 0.717) is 12.8 Å². The second-order valence-electron chi connectivity index (χ2n) is 5.46. The van der Waals surface area contributed by atoms with Crippen LogP contribution in [0.25, 0.3) is 0 Å². The SMILES string of the molecule is N#CCC(=O)N1N=C(C2CCCCC2)C[C@]1(O)C(F)(F)F. The molecule has 1 amide bonds. The van der Waals surface area contributed by atoms with Gasteiger partial charge in [0, 0.05) is 12.1 Å². The van der Waals surface area contributed by atoms with Crippen LogP contribution in [0.5, 0.6) is 0 Å². The molecular formula is C13H16F3N3O2. The van der Waals surface area contributed by atoms with E-state index in [0.717, 1.165) is 19.3 Å². The van der Waals surface area contributed by atoms with Crippen molar-refractivity contribution in [1.82, 2.24) is 5.01 Å². The van der Waals surface area contributed by atoms with E-state index >= 15 is 0 Å². The number of hydrogen-bond acceptors (Lipinski definition) is 4. The van der Waals surface area contributed by atoms with Gasteiger partial charge in [-0.1, -0.05) is 19.3 Å². The molecule has 0 aromatic carbocycles. The zero-order valence-electron chi connectivity index (χ0n) is 11.4. The van der Waals surface area contributed by atoms with Gasteiger partial charge in [-0.15, -0.1) is 0 Å². The summed E-state index contributed by atoms with van der Waals surface area (Å²) < 4.78 is 39.4. The molecule has 116 valence electrons. The van der Waals surface area contributed by atoms with E-state index in [-0.39, 0.29) is 16.6 Å². The molecule has 0 aromatic heterocycles. The molecule has 0 aromatic rings. The number of aliphatic hydroxyl groups is 1. The number of hydrazone groups is 1. The third-order valence-corrected chi connectivity index (χ3v) is 4.00. The Labute approximate surface area is 120 Å². The summed E-state index contributed by atoms with van der Waals surface area (Å²) >= 11 is 0. The van der Waals surface area contributed by atoms with E-state index in [1.165, 1.54) is 6.07 Å². The van der Waals surface area contributed by atoms with Crippen molar-refractivity contribution in [3.63, 3.8) is 0 Å². The van der Waals surface area contributed by atoms with Crippen LogP contribution in [-0.2, 0) is 4.79 Å². The first-order valence-corrected chi connectivity index (χ1v) is 6.86. The largest absolute Gasteiger partial charge is 0.438 e. The zero-order chi connectivity index (χ0) is 15.7. The van der Waals surface area contributed by atoms with Crippen molar-refractivity contribution in [3.8, 4) is 6.07 Å². The lowest BCUT2D eigenvalue weighted by molar-refractivity contribution is -0.302. The lowest BCUT2D eigenvalue weighted by atomic mass is 9.83. The summed E-state index contributed by atoms with van der Waals surface area (Å²) in [5, 5.41) is 22.2. The van der Waals surface area contributed by atoms with Crippen LogP contribution in [-0.4, -0.2) is 33.6 Å². The van der Waals surface area contributed by atoms with E-state index in [1.807, 2.05) is 0 Å². The molecule has 5 nitrogen and oxygen atoms in total. The fraction of sp³-hybridized carbons (Fsp3) is 0.769. The number of amides is 1. The number of nitriles is 1. The van der Waals surface area contributed by atoms with Crippen molar-refractivity contribution < 1.29 is 23.1 Å². The summed E-state index contributed by atoms with van der Waals surface area (Å²) in [6, 6.07) is 1.49. The number of carbonyl (C=O) groups excluding carboxylic acids is 1. The summed E-state index contributed by atoms with van der Waals surface area (Å²) in [5.41, 5.74) is -3.12. The van der Waals surface area contributed by atoms with Gasteiger partial charge in [0.2, 0.25) is 0 Å². The Morgan fingerprint density at radius 1 is 1.43 bits per heavy atom. The molecular weight excluding hydrogens is 287 g/mol. The second kappa shape index (κ2) is 5.64. The summed E-state index contributed by atoms with van der Waals surface area (Å²) in [5.74, 6) is -1.27. The summed E-state index contributed by atoms with van der Waals surface area (Å²) in [6.45, 7) is 0. The van der Waals surface area contributed by atoms with Crippen molar-refractivity contribution in [2.24, 2.45) is 11.0 Å². The highest BCUT2D eigenvalue weighted by molar-refractivity contribution is 5.92. The van der Waals surface area contributed by atoms with E-state index < -0.39 is 30.7 Å². The van der Waals surface area contributed by atoms with Crippen LogP contribution in [0.1, 0.15) is 44.9 Å². The molecule has 0 saturated heterocycles. The first kappa shape index (κ1) is 15.8. The Hall–Kier alpha value is -1.62. The first-order chi connectivity index (χ1) is 9.79. The average Bonchev–Trinajstić information content (AvgIpc) is 2.79. The van der Waals surface area contributed by atoms with Crippen LogP contribution in [0, 0.1) is 17.2 Å². The monoisotopic (exact) mass is 303 g/mol. The quantitative estimate of drug-likeness (QED) is 0.850. The third kappa shape index (κ3) is 2.88. The Balaban J connectivity index is 2.28. The van der Waals surface area contributed by atoms with Crippen molar-refractivity contribution in [1.29, 1.82) is 5.26 Å². The third-order valence-electron chi connectivity index (χ3n) is 4.00. The predicted molar refractivity (Wildman–Crippen MR) is 66.7 cm³/mol. The van der Waals surface area contributed by atoms with Crippen LogP contribution in [0.3, 0.4) is 0 Å². The number of hydrogen-bond donors (Lipinski definition) is 1. The lowest BCUT2D eigenvalue weighted by Gasteiger charge is -2.32. The van der Waals surface area contributed by atoms with Crippen LogP contribution >= 0.6 is 0 Å². The maximum absolute atomic E-state index is 13.1. The molecule has 1 aliphatic carbocycles. The Kier molecular flexibility index (Phi) is 4.23. The predicted octanol–water partition coefficient (Wildman–Crippen LogP) is 2.32. The normalized spacial score (nSPS) is 27.4. The minimum Gasteiger partial charge on any atom is -0.362 e. The lowest BCUT2D eigenvalue weighted by Crippen LogP contribution is -2.56. The van der Waals surface area contributed by atoms with Crippen LogP contribution < -0.4 is 0 Å². The smallest absolute Gasteiger partial charge is 0.362 e. The summed E-state index contributed by atoms with van der Waals surface area (Å²) in [7, 11) is 0. The molecule has 1 aliphatic heterocycles. The van der Waals surface area contributed by atoms with Crippen LogP contribution in [0.4, 0.5) is 13.2 Å². The van der Waals surface area contributed by atoms with E-state index in [9.17, 15) is 23.1 Å². The number of alkyl halides is 3. The highest BCUT2D eigenvalue weighted by Crippen LogP contribution is 2.43. The first-order valence-electron chi connectivity index (χ1n) is 6.86. The van der Waals surface area contributed by atoms with Crippen molar-refractivity contribution in [2.45, 2.75) is 56.8 Å². The van der Waals surface area contributed by atoms with Gasteiger partial charge in [-0.3, -0.25) is 4.79 Å². The topological polar surface area (TPSA) is 76.7 Å². The average molecular weight is 303 g/mol. The molecule has 8 heteroatoms. The molecule has 1 atom stereocenters. The van der Waals surface area contributed by atoms with Crippen molar-refractivity contribution >= 4 is 11.6 Å². The van der Waals surface area contributed by atoms with Gasteiger partial charge in [0.05, 0.1) is 6.07 Å². The second-order valence-corrected chi connectivity index (χ2v) is 5.46. The number of rotatable bonds is 2. The van der Waals surface area contributed by atoms with Crippen LogP contribution in [0.2, 0.25) is 0 Å². The Bertz CT molecular complexity index is 492. The molecule has 1 heterocycles. The van der Waals surface area contributed by atoms with Gasteiger partial charge in [-0.25, -0.2) is 0 Å². The number of halogens is 3. The minimum absolute atomic E-state index is 0.0557. The van der Waals surface area contributed by atoms with Gasteiger partial charge in [-0.05, 0) is 18.8 Å². The fourth-order valence-electron chi connectivity index (χ4n) is 2.86. The van der Waals surface area contributed by atoms with E-state index in [2.05, 4.69) is 5.10 Å². The van der Waals surface area contributed by atoms with Gasteiger partial charge in [0.15, 0.2) is 0 Å². The molecule has 2 aliphatic rings. The number of nitrogens with zero attached hydrogens (tertiary/aromatic N) is 3. The standard InChI is InChI=1S/C13H16F3N3O2/c14-13(15,16)12(21)8-10(9-4-2-1-3-5-9)18-19(12)11(20)6-7-17/h9,21H,1-6,8H2/t12-/m0/s1. The molecule has 2 rings (SSSR count). The Morgan fingerprint density at radius 3 is 2.57 bits per heavy atom. The molecule has 21 heavy (non-hydrogen) atoms. The molecule has 1 saturated carbocycles. The van der Waals surface area contributed by atoms with E-state index in [1.54, 1.807) is 0 Å². The molecule has 0 bridgehead atoms.